The van der Waals surface area contributed by atoms with Crippen molar-refractivity contribution in [2.45, 2.75) is 75.8 Å². The summed E-state index contributed by atoms with van der Waals surface area (Å²) in [5.41, 5.74) is 15.7. The van der Waals surface area contributed by atoms with E-state index in [0.717, 1.165) is 0 Å². The topological polar surface area (TPSA) is 0 Å². The standard InChI is InChI=1S/2C20H21.C2H7Si.2ClH.Hf/c2*1-14-8-5-6-10-17(14)18-11-7-9-15-12-16(13-19(15)18)20(2,3)4;1-3-2;;;/h2*5-13H,1-4H3;3H,1-2H3;2*1H;/q;;;;;+2/p-2. The molecule has 2 aliphatic carbocycles. The van der Waals surface area contributed by atoms with Gasteiger partial charge in [0.25, 0.3) is 0 Å². The molecule has 0 bridgehead atoms. The average molecular weight is 831 g/mol. The zero-order valence-electron chi connectivity index (χ0n) is 29.2. The summed E-state index contributed by atoms with van der Waals surface area (Å²) >= 11 is -5.14. The molecule has 0 saturated heterocycles. The fourth-order valence-electron chi connectivity index (χ4n) is 8.35. The molecule has 4 aromatic carbocycles. The Kier molecular flexibility index (Phi) is 8.53. The third-order valence-electron chi connectivity index (χ3n) is 10.9. The summed E-state index contributed by atoms with van der Waals surface area (Å²) in [6, 6.07) is 31.3. The Morgan fingerprint density at radius 3 is 1.20 bits per heavy atom. The van der Waals surface area contributed by atoms with E-state index in [1.807, 2.05) is 0 Å². The molecule has 0 spiro atoms. The van der Waals surface area contributed by atoms with Gasteiger partial charge in [-0.25, -0.2) is 0 Å². The Bertz CT molecular complexity index is 1780. The van der Waals surface area contributed by atoms with Gasteiger partial charge in [-0.05, 0) is 0 Å². The van der Waals surface area contributed by atoms with E-state index in [2.05, 4.69) is 166 Å². The zero-order chi connectivity index (χ0) is 33.4. The van der Waals surface area contributed by atoms with Crippen molar-refractivity contribution in [1.29, 1.82) is 0 Å². The average Bonchev–Trinajstić information content (AvgIpc) is 3.59. The van der Waals surface area contributed by atoms with E-state index in [4.69, 9.17) is 17.2 Å². The Balaban J connectivity index is 1.68. The minimum absolute atomic E-state index is 0.0507. The van der Waals surface area contributed by atoms with E-state index >= 15 is 0 Å². The van der Waals surface area contributed by atoms with Gasteiger partial charge >= 0.3 is 289 Å². The number of hydrogen-bond donors (Lipinski definition) is 0. The summed E-state index contributed by atoms with van der Waals surface area (Å²) < 4.78 is 0.101. The molecule has 0 radical (unpaired) electrons. The molecule has 0 amide bonds. The van der Waals surface area contributed by atoms with E-state index in [9.17, 15) is 0 Å². The second kappa shape index (κ2) is 11.6. The maximum atomic E-state index is 8.82. The van der Waals surface area contributed by atoms with Gasteiger partial charge in [0.15, 0.2) is 0 Å². The molecule has 2 aliphatic rings. The van der Waals surface area contributed by atoms with Crippen LogP contribution in [0.25, 0.3) is 34.4 Å². The van der Waals surface area contributed by atoms with Gasteiger partial charge in [0.1, 0.15) is 0 Å². The van der Waals surface area contributed by atoms with Crippen molar-refractivity contribution < 1.29 is 15.3 Å². The third kappa shape index (κ3) is 5.25. The number of rotatable bonds is 5. The van der Waals surface area contributed by atoms with Crippen LogP contribution in [0.2, 0.25) is 13.1 Å². The first-order valence-electron chi connectivity index (χ1n) is 16.9. The maximum absolute atomic E-state index is 8.82. The van der Waals surface area contributed by atoms with Gasteiger partial charge < -0.3 is 0 Å². The molecule has 0 aliphatic heterocycles. The molecule has 239 valence electrons. The Morgan fingerprint density at radius 1 is 0.522 bits per heavy atom. The van der Waals surface area contributed by atoms with E-state index in [1.165, 1.54) is 66.8 Å². The van der Waals surface area contributed by atoms with Crippen molar-refractivity contribution in [3.05, 3.63) is 129 Å². The molecular formula is C42H49Cl2HfSi. The van der Waals surface area contributed by atoms with Crippen molar-refractivity contribution in [2.75, 3.05) is 0 Å². The minimum atomic E-state index is -5.14. The van der Waals surface area contributed by atoms with Crippen molar-refractivity contribution in [3.8, 4) is 22.3 Å². The van der Waals surface area contributed by atoms with Crippen LogP contribution in [0.4, 0.5) is 0 Å². The summed E-state index contributed by atoms with van der Waals surface area (Å²) in [6.45, 7) is 23.5. The molecule has 6 rings (SSSR count). The first-order chi connectivity index (χ1) is 21.5. The van der Waals surface area contributed by atoms with Gasteiger partial charge in [0, 0.05) is 0 Å². The third-order valence-corrected chi connectivity index (χ3v) is 83.3. The number of aryl methyl sites for hydroxylation is 2. The van der Waals surface area contributed by atoms with Gasteiger partial charge in [-0.3, -0.25) is 0 Å². The molecule has 0 heterocycles. The molecule has 0 N–H and O–H groups in total. The van der Waals surface area contributed by atoms with Crippen molar-refractivity contribution in [2.24, 2.45) is 10.8 Å². The summed E-state index contributed by atoms with van der Waals surface area (Å²) in [7, 11) is 17.6. The van der Waals surface area contributed by atoms with Crippen LogP contribution in [-0.2, 0) is 15.3 Å². The summed E-state index contributed by atoms with van der Waals surface area (Å²) in [6.07, 6.45) is 5.00. The first kappa shape index (κ1) is 33.9. The fourth-order valence-corrected chi connectivity index (χ4v) is 52.9. The van der Waals surface area contributed by atoms with E-state index < -0.39 is 21.3 Å². The number of fused-ring (bicyclic) bond motifs is 2. The van der Waals surface area contributed by atoms with Crippen molar-refractivity contribution in [1.82, 2.24) is 0 Å². The van der Waals surface area contributed by atoms with Crippen LogP contribution < -0.4 is 0 Å². The second-order valence-electron chi connectivity index (χ2n) is 16.2. The molecule has 46 heavy (non-hydrogen) atoms. The molecule has 4 heteroatoms. The van der Waals surface area contributed by atoms with Gasteiger partial charge in [0.2, 0.25) is 0 Å². The summed E-state index contributed by atoms with van der Waals surface area (Å²) in [5.74, 6) is -1.69. The molecule has 2 unspecified atom stereocenters. The number of halogens is 2. The van der Waals surface area contributed by atoms with Crippen molar-refractivity contribution >= 4 is 35.3 Å². The molecule has 2 atom stereocenters. The van der Waals surface area contributed by atoms with E-state index in [-0.39, 0.29) is 18.2 Å². The number of hydrogen-bond acceptors (Lipinski definition) is 0. The fraction of sp³-hybridized carbons (Fsp3) is 0.333. The van der Waals surface area contributed by atoms with Crippen LogP contribution >= 0.6 is 17.2 Å². The Labute approximate surface area is 286 Å². The van der Waals surface area contributed by atoms with Gasteiger partial charge in [-0.1, -0.05) is 0 Å². The summed E-state index contributed by atoms with van der Waals surface area (Å²) in [4.78, 5) is 0. The van der Waals surface area contributed by atoms with Crippen molar-refractivity contribution in [3.63, 3.8) is 0 Å². The second-order valence-corrected chi connectivity index (χ2v) is 75.5. The SMILES string of the molecule is Cc1ccccc1-c1cccc2c1C=C(C(C)(C)C)[CH]2[Hf]([Cl])([Cl])([CH]1C(C(C)(C)C)=Cc2c(-c3ccccc3C)cccc21)[SiH](C)C. The Morgan fingerprint density at radius 2 is 0.870 bits per heavy atom. The molecule has 0 fully saturated rings. The van der Waals surface area contributed by atoms with Gasteiger partial charge in [0.05, 0.1) is 0 Å². The van der Waals surface area contributed by atoms with E-state index in [1.54, 1.807) is 0 Å². The van der Waals surface area contributed by atoms with Crippen LogP contribution in [0.1, 0.15) is 82.3 Å². The molecule has 0 saturated carbocycles. The van der Waals surface area contributed by atoms with Gasteiger partial charge in [-0.15, -0.1) is 0 Å². The van der Waals surface area contributed by atoms with E-state index in [0.29, 0.717) is 0 Å². The van der Waals surface area contributed by atoms with Crippen LogP contribution in [0, 0.1) is 24.7 Å². The predicted octanol–water partition coefficient (Wildman–Crippen LogP) is 13.3. The van der Waals surface area contributed by atoms with Crippen LogP contribution in [0.15, 0.2) is 96.1 Å². The molecule has 0 nitrogen and oxygen atoms in total. The normalized spacial score (nSPS) is 18.9. The quantitative estimate of drug-likeness (QED) is 0.176. The monoisotopic (exact) mass is 831 g/mol. The van der Waals surface area contributed by atoms with Crippen LogP contribution in [0.5, 0.6) is 0 Å². The molecule has 0 aromatic heterocycles. The van der Waals surface area contributed by atoms with Crippen LogP contribution in [-0.4, -0.2) is 5.98 Å². The molecule has 4 aromatic rings. The molecular weight excluding hydrogens is 782 g/mol. The number of allylic oxidation sites excluding steroid dienone is 2. The first-order valence-corrected chi connectivity index (χ1v) is 39.0. The van der Waals surface area contributed by atoms with Gasteiger partial charge in [-0.2, -0.15) is 0 Å². The summed E-state index contributed by atoms with van der Waals surface area (Å²) in [5, 5.41) is 0. The predicted molar refractivity (Wildman–Crippen MR) is 204 cm³/mol. The number of benzene rings is 4. The van der Waals surface area contributed by atoms with Crippen LogP contribution in [0.3, 0.4) is 0 Å². The Hall–Kier alpha value is -1.97. The zero-order valence-corrected chi connectivity index (χ0v) is 35.5.